The van der Waals surface area contributed by atoms with Gasteiger partial charge < -0.3 is 14.2 Å². The number of hydrogen-bond acceptors (Lipinski definition) is 7. The molecule has 23 heavy (non-hydrogen) atoms. The average Bonchev–Trinajstić information content (AvgIpc) is 2.45. The summed E-state index contributed by atoms with van der Waals surface area (Å²) in [5.41, 5.74) is -0.343. The second-order valence-electron chi connectivity index (χ2n) is 5.98. The summed E-state index contributed by atoms with van der Waals surface area (Å²) in [5.74, 6) is -2.42. The minimum Gasteiger partial charge on any atom is -0.468 e. The van der Waals surface area contributed by atoms with Gasteiger partial charge >= 0.3 is 18.0 Å². The molecule has 0 saturated carbocycles. The zero-order valence-corrected chi connectivity index (χ0v) is 14.4. The number of carbonyl (C=O) groups excluding carboxylic acids is 3. The molecule has 0 spiro atoms. The van der Waals surface area contributed by atoms with Crippen LogP contribution in [0.4, 0.5) is 4.79 Å². The van der Waals surface area contributed by atoms with E-state index in [9.17, 15) is 14.4 Å². The molecular formula is C15H22N2O6. The highest BCUT2D eigenvalue weighted by molar-refractivity contribution is 6.12. The number of rotatable bonds is 2. The van der Waals surface area contributed by atoms with Crippen LogP contribution in [-0.4, -0.2) is 48.6 Å². The Balaban J connectivity index is 3.35. The van der Waals surface area contributed by atoms with E-state index in [0.29, 0.717) is 0 Å². The third-order valence-electron chi connectivity index (χ3n) is 3.08. The molecule has 0 fully saturated rings. The molecular weight excluding hydrogens is 304 g/mol. The van der Waals surface area contributed by atoms with Gasteiger partial charge in [-0.3, -0.25) is 4.79 Å². The van der Waals surface area contributed by atoms with Crippen LogP contribution in [-0.2, 0) is 23.8 Å². The lowest BCUT2D eigenvalue weighted by atomic mass is 9.91. The number of nitrogens with zero attached hydrogens (tertiary/aromatic N) is 2. The summed E-state index contributed by atoms with van der Waals surface area (Å²) in [7, 11) is 2.40. The van der Waals surface area contributed by atoms with Gasteiger partial charge in [0, 0.05) is 0 Å². The lowest BCUT2D eigenvalue weighted by Crippen LogP contribution is -2.41. The average molecular weight is 326 g/mol. The van der Waals surface area contributed by atoms with Crippen molar-refractivity contribution in [2.75, 3.05) is 14.2 Å². The first-order valence-corrected chi connectivity index (χ1v) is 6.98. The van der Waals surface area contributed by atoms with E-state index in [1.807, 2.05) is 0 Å². The van der Waals surface area contributed by atoms with Gasteiger partial charge in [0.2, 0.25) is 0 Å². The lowest BCUT2D eigenvalue weighted by Gasteiger charge is -2.31. The van der Waals surface area contributed by atoms with Crippen LogP contribution in [0.25, 0.3) is 0 Å². The molecule has 1 atom stereocenters. The van der Waals surface area contributed by atoms with E-state index < -0.39 is 29.6 Å². The molecule has 128 valence electrons. The number of hydrazone groups is 1. The number of esters is 2. The van der Waals surface area contributed by atoms with Gasteiger partial charge in [0.1, 0.15) is 11.5 Å². The highest BCUT2D eigenvalue weighted by atomic mass is 16.6. The van der Waals surface area contributed by atoms with E-state index in [-0.39, 0.29) is 17.0 Å². The molecule has 1 aliphatic rings. The van der Waals surface area contributed by atoms with Crippen LogP contribution in [0.5, 0.6) is 0 Å². The van der Waals surface area contributed by atoms with Gasteiger partial charge in [-0.15, -0.1) is 0 Å². The largest absolute Gasteiger partial charge is 0.468 e. The second kappa shape index (κ2) is 6.80. The predicted octanol–water partition coefficient (Wildman–Crippen LogP) is 1.85. The lowest BCUT2D eigenvalue weighted by molar-refractivity contribution is -0.145. The maximum Gasteiger partial charge on any atom is 0.435 e. The second-order valence-corrected chi connectivity index (χ2v) is 5.98. The van der Waals surface area contributed by atoms with E-state index in [1.165, 1.54) is 28.1 Å². The number of ether oxygens (including phenoxy) is 3. The van der Waals surface area contributed by atoms with Gasteiger partial charge in [0.05, 0.1) is 31.2 Å². The Morgan fingerprint density at radius 3 is 2.09 bits per heavy atom. The van der Waals surface area contributed by atoms with E-state index in [2.05, 4.69) is 5.10 Å². The fraction of sp³-hybridized carbons (Fsp3) is 0.600. The number of carbonyl (C=O) groups is 3. The molecule has 1 amide bonds. The van der Waals surface area contributed by atoms with Crippen molar-refractivity contribution >= 4 is 23.7 Å². The molecule has 0 radical (unpaired) electrons. The molecule has 8 heteroatoms. The van der Waals surface area contributed by atoms with E-state index >= 15 is 0 Å². The fourth-order valence-corrected chi connectivity index (χ4v) is 2.09. The molecule has 1 unspecified atom stereocenters. The van der Waals surface area contributed by atoms with E-state index in [0.717, 1.165) is 5.01 Å². The molecule has 0 bridgehead atoms. The summed E-state index contributed by atoms with van der Waals surface area (Å²) >= 11 is 0. The van der Waals surface area contributed by atoms with Crippen molar-refractivity contribution in [2.45, 2.75) is 40.2 Å². The zero-order valence-electron chi connectivity index (χ0n) is 14.4. The van der Waals surface area contributed by atoms with Crippen molar-refractivity contribution < 1.29 is 28.6 Å². The van der Waals surface area contributed by atoms with Crippen LogP contribution >= 0.6 is 0 Å². The molecule has 0 aromatic rings. The monoisotopic (exact) mass is 326 g/mol. The summed E-state index contributed by atoms with van der Waals surface area (Å²) in [6.07, 6.45) is -0.751. The predicted molar refractivity (Wildman–Crippen MR) is 81.4 cm³/mol. The SMILES string of the molecule is COC(=O)C1=C(C)N(C(=O)OC(C)(C)C)N=C(C)C1C(=O)OC. The van der Waals surface area contributed by atoms with Crippen molar-refractivity contribution in [3.63, 3.8) is 0 Å². The maximum absolute atomic E-state index is 12.3. The Hall–Kier alpha value is -2.38. The molecule has 1 aliphatic heterocycles. The minimum absolute atomic E-state index is 0.00212. The molecule has 0 saturated heterocycles. The zero-order chi connectivity index (χ0) is 17.9. The molecule has 0 aliphatic carbocycles. The number of hydrogen-bond donors (Lipinski definition) is 0. The van der Waals surface area contributed by atoms with Crippen molar-refractivity contribution in [1.29, 1.82) is 0 Å². The molecule has 1 rings (SSSR count). The smallest absolute Gasteiger partial charge is 0.435 e. The summed E-state index contributed by atoms with van der Waals surface area (Å²) in [4.78, 5) is 36.3. The molecule has 0 aromatic carbocycles. The van der Waals surface area contributed by atoms with Crippen LogP contribution < -0.4 is 0 Å². The Bertz CT molecular complexity index is 585. The standard InChI is InChI=1S/C15H22N2O6/c1-8-10(12(18)21-6)11(13(19)22-7)9(2)17(16-8)14(20)23-15(3,4)5/h10H,1-7H3. The first-order valence-electron chi connectivity index (χ1n) is 6.98. The Morgan fingerprint density at radius 2 is 1.65 bits per heavy atom. The summed E-state index contributed by atoms with van der Waals surface area (Å²) in [6.45, 7) is 8.14. The molecule has 1 heterocycles. The van der Waals surface area contributed by atoms with Crippen LogP contribution in [0.3, 0.4) is 0 Å². The third-order valence-corrected chi connectivity index (χ3v) is 3.08. The van der Waals surface area contributed by atoms with Crippen molar-refractivity contribution in [3.05, 3.63) is 11.3 Å². The first kappa shape index (κ1) is 18.7. The van der Waals surface area contributed by atoms with Gasteiger partial charge in [-0.1, -0.05) is 0 Å². The van der Waals surface area contributed by atoms with E-state index in [1.54, 1.807) is 20.8 Å². The van der Waals surface area contributed by atoms with Gasteiger partial charge in [0.25, 0.3) is 0 Å². The van der Waals surface area contributed by atoms with Crippen LogP contribution in [0.2, 0.25) is 0 Å². The normalized spacial score (nSPS) is 18.3. The highest BCUT2D eigenvalue weighted by Crippen LogP contribution is 2.29. The maximum atomic E-state index is 12.3. The van der Waals surface area contributed by atoms with Gasteiger partial charge in [-0.05, 0) is 34.6 Å². The first-order chi connectivity index (χ1) is 10.5. The topological polar surface area (TPSA) is 94.5 Å². The minimum atomic E-state index is -1.02. The van der Waals surface area contributed by atoms with Gasteiger partial charge in [-0.2, -0.15) is 10.1 Å². The molecule has 0 aromatic heterocycles. The van der Waals surface area contributed by atoms with Gasteiger partial charge in [0.15, 0.2) is 0 Å². The number of allylic oxidation sites excluding steroid dienone is 1. The van der Waals surface area contributed by atoms with Crippen molar-refractivity contribution in [1.82, 2.24) is 5.01 Å². The molecule has 0 N–H and O–H groups in total. The summed E-state index contributed by atoms with van der Waals surface area (Å²) in [5, 5.41) is 5.02. The fourth-order valence-electron chi connectivity index (χ4n) is 2.09. The van der Waals surface area contributed by atoms with Crippen molar-refractivity contribution in [3.8, 4) is 0 Å². The number of amides is 1. The Kier molecular flexibility index (Phi) is 5.52. The van der Waals surface area contributed by atoms with Crippen LogP contribution in [0.1, 0.15) is 34.6 Å². The molecule has 8 nitrogen and oxygen atoms in total. The summed E-state index contributed by atoms with van der Waals surface area (Å²) < 4.78 is 14.7. The summed E-state index contributed by atoms with van der Waals surface area (Å²) in [6, 6.07) is 0. The highest BCUT2D eigenvalue weighted by Gasteiger charge is 2.40. The van der Waals surface area contributed by atoms with E-state index in [4.69, 9.17) is 14.2 Å². The van der Waals surface area contributed by atoms with Crippen LogP contribution in [0.15, 0.2) is 16.4 Å². The Morgan fingerprint density at radius 1 is 1.09 bits per heavy atom. The quantitative estimate of drug-likeness (QED) is 0.568. The van der Waals surface area contributed by atoms with Gasteiger partial charge in [-0.25, -0.2) is 9.59 Å². The third kappa shape index (κ3) is 4.08. The van der Waals surface area contributed by atoms with Crippen LogP contribution in [0, 0.1) is 5.92 Å². The Labute approximate surface area is 135 Å². The number of methoxy groups -OCH3 is 2. The van der Waals surface area contributed by atoms with Crippen molar-refractivity contribution in [2.24, 2.45) is 11.0 Å².